The van der Waals surface area contributed by atoms with Crippen LogP contribution in [0.3, 0.4) is 0 Å². The van der Waals surface area contributed by atoms with Crippen LogP contribution in [0.1, 0.15) is 85.5 Å². The monoisotopic (exact) mass is 412 g/mol. The number of fused-ring (bicyclic) bond motifs is 9. The molecule has 30 heavy (non-hydrogen) atoms. The van der Waals surface area contributed by atoms with Crippen molar-refractivity contribution in [3.63, 3.8) is 0 Å². The highest BCUT2D eigenvalue weighted by Gasteiger charge is 2.71. The molecule has 0 spiro atoms. The van der Waals surface area contributed by atoms with Gasteiger partial charge in [-0.15, -0.1) is 0 Å². The van der Waals surface area contributed by atoms with Crippen LogP contribution in [-0.4, -0.2) is 41.4 Å². The van der Waals surface area contributed by atoms with Gasteiger partial charge in [-0.2, -0.15) is 0 Å². The average molecular weight is 413 g/mol. The van der Waals surface area contributed by atoms with Crippen molar-refractivity contribution in [1.82, 2.24) is 0 Å². The molecule has 0 aromatic heterocycles. The van der Waals surface area contributed by atoms with Crippen molar-refractivity contribution >= 4 is 0 Å². The maximum atomic E-state index is 10.3. The van der Waals surface area contributed by atoms with Gasteiger partial charge in [-0.1, -0.05) is 39.3 Å². The number of piperidine rings is 1. The summed E-state index contributed by atoms with van der Waals surface area (Å²) in [6.07, 6.45) is 14.4. The van der Waals surface area contributed by atoms with Crippen LogP contribution in [0.15, 0.2) is 11.6 Å². The van der Waals surface area contributed by atoms with Gasteiger partial charge < -0.3 is 9.59 Å². The molecular formula is C28H46NO+. The minimum absolute atomic E-state index is 0.0797. The lowest BCUT2D eigenvalue weighted by Crippen LogP contribution is -2.59. The zero-order valence-electron chi connectivity index (χ0n) is 20.2. The van der Waals surface area contributed by atoms with Crippen LogP contribution in [0.25, 0.3) is 0 Å². The molecule has 0 aromatic carbocycles. The number of rotatable bonds is 0. The molecule has 0 amide bonds. The predicted octanol–water partition coefficient (Wildman–Crippen LogP) is 5.80. The summed E-state index contributed by atoms with van der Waals surface area (Å²) in [5.74, 6) is 5.48. The maximum Gasteiger partial charge on any atom is 0.0932 e. The molecule has 5 fully saturated rings. The Labute approximate surface area is 185 Å². The van der Waals surface area contributed by atoms with Crippen molar-refractivity contribution in [2.24, 2.45) is 46.3 Å². The van der Waals surface area contributed by atoms with Crippen LogP contribution in [0, 0.1) is 46.3 Å². The minimum Gasteiger partial charge on any atom is -0.393 e. The average Bonchev–Trinajstić information content (AvgIpc) is 3.12. The van der Waals surface area contributed by atoms with Crippen molar-refractivity contribution in [2.45, 2.75) is 104 Å². The van der Waals surface area contributed by atoms with Gasteiger partial charge in [-0.25, -0.2) is 0 Å². The Balaban J connectivity index is 1.35. The molecule has 0 aromatic rings. The third-order valence-corrected chi connectivity index (χ3v) is 12.5. The first-order chi connectivity index (χ1) is 14.2. The molecule has 2 nitrogen and oxygen atoms in total. The molecule has 3 saturated carbocycles. The third kappa shape index (κ3) is 2.39. The molecule has 2 heteroatoms. The molecular weight excluding hydrogens is 366 g/mol. The van der Waals surface area contributed by atoms with E-state index >= 15 is 0 Å². The predicted molar refractivity (Wildman–Crippen MR) is 123 cm³/mol. The number of allylic oxidation sites excluding steroid dienone is 1. The third-order valence-electron chi connectivity index (χ3n) is 12.5. The van der Waals surface area contributed by atoms with E-state index in [9.17, 15) is 5.11 Å². The van der Waals surface area contributed by atoms with Gasteiger partial charge in [-0.3, -0.25) is 0 Å². The second-order valence-corrected chi connectivity index (χ2v) is 13.7. The van der Waals surface area contributed by atoms with E-state index in [1.807, 2.05) is 0 Å². The Morgan fingerprint density at radius 1 is 1.00 bits per heavy atom. The number of quaternary nitrogens is 1. The first kappa shape index (κ1) is 20.3. The largest absolute Gasteiger partial charge is 0.393 e. The fraction of sp³-hybridized carbons (Fsp3) is 0.929. The van der Waals surface area contributed by atoms with E-state index in [1.54, 1.807) is 5.57 Å². The summed E-state index contributed by atoms with van der Waals surface area (Å²) in [5.41, 5.74) is 2.58. The fourth-order valence-electron chi connectivity index (χ4n) is 11.3. The molecule has 1 unspecified atom stereocenters. The molecule has 6 rings (SSSR count). The summed E-state index contributed by atoms with van der Waals surface area (Å²) in [5, 5.41) is 10.3. The second-order valence-electron chi connectivity index (χ2n) is 13.7. The summed E-state index contributed by atoms with van der Waals surface area (Å²) in [6.45, 7) is 11.9. The molecule has 2 aliphatic heterocycles. The van der Waals surface area contributed by atoms with Crippen LogP contribution in [0.4, 0.5) is 0 Å². The SMILES string of the molecule is C[C@H]1CC[C@@H]2[C@@H](C)[C@H]3[C@H](C[C@H]4[C@@H]5CC=C6C[C@@H](O)CC[C@]6(C)[C@H]5CC[C@]34C)[N+]2(C)C1. The Morgan fingerprint density at radius 2 is 1.80 bits per heavy atom. The van der Waals surface area contributed by atoms with E-state index in [4.69, 9.17) is 0 Å². The van der Waals surface area contributed by atoms with Crippen LogP contribution in [0.5, 0.6) is 0 Å². The normalized spacial score (nSPS) is 61.9. The van der Waals surface area contributed by atoms with Crippen molar-refractivity contribution in [3.05, 3.63) is 11.6 Å². The molecule has 0 radical (unpaired) electrons. The number of aliphatic hydroxyl groups is 1. The maximum absolute atomic E-state index is 10.3. The number of nitrogens with zero attached hydrogens (tertiary/aromatic N) is 1. The van der Waals surface area contributed by atoms with Crippen LogP contribution < -0.4 is 0 Å². The molecule has 0 bridgehead atoms. The minimum atomic E-state index is -0.0797. The van der Waals surface area contributed by atoms with E-state index in [0.29, 0.717) is 10.8 Å². The van der Waals surface area contributed by atoms with Crippen molar-refractivity contribution in [1.29, 1.82) is 0 Å². The number of hydrogen-bond acceptors (Lipinski definition) is 1. The summed E-state index contributed by atoms with van der Waals surface area (Å²) in [7, 11) is 2.67. The summed E-state index contributed by atoms with van der Waals surface area (Å²) in [6, 6.07) is 1.86. The highest BCUT2D eigenvalue weighted by molar-refractivity contribution is 5.26. The molecule has 4 aliphatic carbocycles. The zero-order chi connectivity index (χ0) is 21.1. The quantitative estimate of drug-likeness (QED) is 0.394. The first-order valence-corrected chi connectivity index (χ1v) is 13.4. The molecule has 2 heterocycles. The van der Waals surface area contributed by atoms with Gasteiger partial charge in [-0.05, 0) is 73.5 Å². The number of hydrogen-bond donors (Lipinski definition) is 1. The smallest absolute Gasteiger partial charge is 0.0932 e. The molecule has 6 aliphatic rings. The lowest BCUT2D eigenvalue weighted by atomic mass is 9.47. The van der Waals surface area contributed by atoms with Gasteiger partial charge in [0, 0.05) is 30.6 Å². The second kappa shape index (κ2) is 6.37. The van der Waals surface area contributed by atoms with Gasteiger partial charge in [0.15, 0.2) is 0 Å². The van der Waals surface area contributed by atoms with Crippen LogP contribution >= 0.6 is 0 Å². The Bertz CT molecular complexity index is 760. The lowest BCUT2D eigenvalue weighted by Gasteiger charge is -2.58. The first-order valence-electron chi connectivity index (χ1n) is 13.4. The summed E-state index contributed by atoms with van der Waals surface area (Å²) >= 11 is 0. The standard InChI is InChI=1S/C28H46NO/c1-17-6-9-24-18(2)26-25(29(24,5)16-17)15-23-21-8-7-19-14-20(30)10-12-27(19,3)22(21)11-13-28(23,26)4/h7,17-18,20-26,30H,6,8-16H2,1-5H3/q+1/t17-,18+,20-,21+,22-,23-,24+,25-,26-,27-,28-,29?/m0/s1. The topological polar surface area (TPSA) is 20.2 Å². The summed E-state index contributed by atoms with van der Waals surface area (Å²) < 4.78 is 1.42. The van der Waals surface area contributed by atoms with E-state index in [-0.39, 0.29) is 6.10 Å². The fourth-order valence-corrected chi connectivity index (χ4v) is 11.3. The van der Waals surface area contributed by atoms with Crippen molar-refractivity contribution in [2.75, 3.05) is 13.6 Å². The Morgan fingerprint density at radius 3 is 2.60 bits per heavy atom. The van der Waals surface area contributed by atoms with E-state index < -0.39 is 0 Å². The zero-order valence-corrected chi connectivity index (χ0v) is 20.2. The van der Waals surface area contributed by atoms with Gasteiger partial charge in [0.05, 0.1) is 31.8 Å². The van der Waals surface area contributed by atoms with Gasteiger partial charge in [0.2, 0.25) is 0 Å². The Kier molecular flexibility index (Phi) is 4.31. The van der Waals surface area contributed by atoms with Crippen LogP contribution in [-0.2, 0) is 0 Å². The summed E-state index contributed by atoms with van der Waals surface area (Å²) in [4.78, 5) is 0. The van der Waals surface area contributed by atoms with Gasteiger partial charge >= 0.3 is 0 Å². The van der Waals surface area contributed by atoms with E-state index in [1.165, 1.54) is 56.0 Å². The molecule has 12 atom stereocenters. The number of aliphatic hydroxyl groups excluding tert-OH is 1. The molecule has 2 saturated heterocycles. The van der Waals surface area contributed by atoms with Crippen molar-refractivity contribution < 1.29 is 9.59 Å². The van der Waals surface area contributed by atoms with E-state index in [2.05, 4.69) is 40.8 Å². The van der Waals surface area contributed by atoms with Gasteiger partial charge in [0.25, 0.3) is 0 Å². The highest BCUT2D eigenvalue weighted by atomic mass is 16.3. The van der Waals surface area contributed by atoms with Crippen LogP contribution in [0.2, 0.25) is 0 Å². The molecule has 1 N–H and O–H groups in total. The molecule has 168 valence electrons. The van der Waals surface area contributed by atoms with E-state index in [0.717, 1.165) is 60.4 Å². The Hall–Kier alpha value is -0.340. The highest BCUT2D eigenvalue weighted by Crippen LogP contribution is 2.70. The lowest BCUT2D eigenvalue weighted by molar-refractivity contribution is -0.953. The van der Waals surface area contributed by atoms with Gasteiger partial charge in [0.1, 0.15) is 0 Å². The van der Waals surface area contributed by atoms with Crippen molar-refractivity contribution in [3.8, 4) is 0 Å².